The summed E-state index contributed by atoms with van der Waals surface area (Å²) >= 11 is 0. The smallest absolute Gasteiger partial charge is 0.343 e. The Morgan fingerprint density at radius 3 is 2.27 bits per heavy atom. The zero-order valence-corrected chi connectivity index (χ0v) is 24.0. The van der Waals surface area contributed by atoms with Crippen LogP contribution in [0.3, 0.4) is 0 Å². The first-order valence-corrected chi connectivity index (χ1v) is 14.2. The van der Waals surface area contributed by atoms with Gasteiger partial charge in [0, 0.05) is 0 Å². The van der Waals surface area contributed by atoms with E-state index >= 15 is 0 Å². The molecule has 3 atom stereocenters. The third-order valence-corrected chi connectivity index (χ3v) is 7.51. The summed E-state index contributed by atoms with van der Waals surface area (Å²) < 4.78 is 30.1. The van der Waals surface area contributed by atoms with E-state index in [1.807, 2.05) is 37.3 Å². The molecule has 6 rings (SSSR count). The van der Waals surface area contributed by atoms with E-state index in [9.17, 15) is 18.8 Å². The number of imide groups is 1. The number of benzene rings is 4. The lowest BCUT2D eigenvalue weighted by Crippen LogP contribution is -2.37. The van der Waals surface area contributed by atoms with Gasteiger partial charge < -0.3 is 14.2 Å². The SMILES string of the molecule is CCCOc1ccc(N2C(=O)[C@H]3[C@H](ON(c4ccccc4)[C@@H]3c3ccc(OC(=O)c4ccc(F)cc4)c(OC)c3)C2=O)cc1. The molecule has 2 saturated heterocycles. The van der Waals surface area contributed by atoms with Crippen LogP contribution in [0, 0.1) is 11.7 Å². The lowest BCUT2D eigenvalue weighted by molar-refractivity contribution is -0.126. The van der Waals surface area contributed by atoms with E-state index in [1.54, 1.807) is 47.5 Å². The zero-order chi connectivity index (χ0) is 30.8. The molecule has 0 radical (unpaired) electrons. The number of hydroxylamine groups is 1. The molecule has 2 aliphatic rings. The molecule has 2 fully saturated rings. The number of hydrogen-bond acceptors (Lipinski definition) is 8. The lowest BCUT2D eigenvalue weighted by atomic mass is 9.90. The molecule has 4 aromatic carbocycles. The average molecular weight is 597 g/mol. The van der Waals surface area contributed by atoms with Crippen molar-refractivity contribution in [2.45, 2.75) is 25.5 Å². The molecular weight excluding hydrogens is 567 g/mol. The number of fused-ring (bicyclic) bond motifs is 1. The summed E-state index contributed by atoms with van der Waals surface area (Å²) in [6, 6.07) is 25.2. The molecule has 2 aliphatic heterocycles. The maximum Gasteiger partial charge on any atom is 0.343 e. The molecule has 0 aliphatic carbocycles. The molecule has 0 unspecified atom stereocenters. The van der Waals surface area contributed by atoms with E-state index in [0.717, 1.165) is 11.3 Å². The van der Waals surface area contributed by atoms with Crippen LogP contribution in [0.2, 0.25) is 0 Å². The van der Waals surface area contributed by atoms with Crippen LogP contribution in [0.15, 0.2) is 97.1 Å². The van der Waals surface area contributed by atoms with Gasteiger partial charge in [-0.3, -0.25) is 14.4 Å². The number of esters is 1. The van der Waals surface area contributed by atoms with Gasteiger partial charge in [0.05, 0.1) is 36.7 Å². The first kappa shape index (κ1) is 28.9. The second-order valence-electron chi connectivity index (χ2n) is 10.3. The molecule has 0 N–H and O–H groups in total. The quantitative estimate of drug-likeness (QED) is 0.134. The standard InChI is InChI=1S/C34H29FN2O7/c1-3-19-42-26-16-14-24(15-17-26)36-32(38)29-30(37(44-31(29)33(36)39)25-7-5-4-6-8-25)22-11-18-27(28(20-22)41-2)43-34(40)21-9-12-23(35)13-10-21/h4-18,20,29-31H,3,19H2,1-2H3/t29-,30-,31+/m1/s1. The summed E-state index contributed by atoms with van der Waals surface area (Å²) in [4.78, 5) is 47.8. The summed E-state index contributed by atoms with van der Waals surface area (Å²) in [5.41, 5.74) is 1.85. The van der Waals surface area contributed by atoms with Crippen molar-refractivity contribution < 1.29 is 37.8 Å². The third kappa shape index (κ3) is 5.35. The minimum absolute atomic E-state index is 0.133. The summed E-state index contributed by atoms with van der Waals surface area (Å²) in [7, 11) is 1.43. The molecule has 2 amide bonds. The minimum atomic E-state index is -1.06. The van der Waals surface area contributed by atoms with Gasteiger partial charge in [0.2, 0.25) is 5.91 Å². The van der Waals surface area contributed by atoms with Gasteiger partial charge in [-0.25, -0.2) is 19.1 Å². The van der Waals surface area contributed by atoms with E-state index in [4.69, 9.17) is 19.0 Å². The van der Waals surface area contributed by atoms with E-state index in [0.29, 0.717) is 29.3 Å². The Kier molecular flexibility index (Phi) is 7.99. The summed E-state index contributed by atoms with van der Waals surface area (Å²) in [6.45, 7) is 2.57. The predicted octanol–water partition coefficient (Wildman–Crippen LogP) is 5.89. The number of nitrogens with zero attached hydrogens (tertiary/aromatic N) is 2. The van der Waals surface area contributed by atoms with Crippen LogP contribution in [-0.2, 0) is 14.4 Å². The predicted molar refractivity (Wildman–Crippen MR) is 159 cm³/mol. The van der Waals surface area contributed by atoms with Gasteiger partial charge in [-0.2, -0.15) is 0 Å². The summed E-state index contributed by atoms with van der Waals surface area (Å²) in [5, 5.41) is 1.57. The van der Waals surface area contributed by atoms with Gasteiger partial charge in [0.15, 0.2) is 17.6 Å². The van der Waals surface area contributed by atoms with Crippen LogP contribution in [0.1, 0.15) is 35.3 Å². The van der Waals surface area contributed by atoms with E-state index < -0.39 is 41.7 Å². The van der Waals surface area contributed by atoms with Gasteiger partial charge in [0.25, 0.3) is 5.91 Å². The third-order valence-electron chi connectivity index (χ3n) is 7.51. The van der Waals surface area contributed by atoms with Gasteiger partial charge in [-0.1, -0.05) is 31.2 Å². The molecule has 224 valence electrons. The van der Waals surface area contributed by atoms with E-state index in [1.165, 1.54) is 31.4 Å². The highest BCUT2D eigenvalue weighted by molar-refractivity contribution is 6.24. The van der Waals surface area contributed by atoms with Crippen molar-refractivity contribution in [2.24, 2.45) is 5.92 Å². The normalized spacial score (nSPS) is 19.2. The van der Waals surface area contributed by atoms with Crippen molar-refractivity contribution in [1.82, 2.24) is 0 Å². The highest BCUT2D eigenvalue weighted by atomic mass is 19.1. The number of para-hydroxylation sites is 1. The number of rotatable bonds is 9. The highest BCUT2D eigenvalue weighted by Crippen LogP contribution is 2.48. The molecule has 9 nitrogen and oxygen atoms in total. The van der Waals surface area contributed by atoms with Crippen LogP contribution in [0.25, 0.3) is 0 Å². The Labute approximate surface area is 253 Å². The van der Waals surface area contributed by atoms with Crippen molar-refractivity contribution in [3.05, 3.63) is 114 Å². The van der Waals surface area contributed by atoms with Crippen molar-refractivity contribution in [3.63, 3.8) is 0 Å². The van der Waals surface area contributed by atoms with Gasteiger partial charge in [0.1, 0.15) is 17.5 Å². The molecule has 4 aromatic rings. The van der Waals surface area contributed by atoms with Crippen LogP contribution < -0.4 is 24.2 Å². The fourth-order valence-corrected chi connectivity index (χ4v) is 5.42. The first-order chi connectivity index (χ1) is 21.4. The number of ether oxygens (including phenoxy) is 3. The second kappa shape index (κ2) is 12.2. The monoisotopic (exact) mass is 596 g/mol. The van der Waals surface area contributed by atoms with Crippen molar-refractivity contribution in [2.75, 3.05) is 23.7 Å². The second-order valence-corrected chi connectivity index (χ2v) is 10.3. The number of carbonyl (C=O) groups excluding carboxylic acids is 3. The number of hydrogen-bond donors (Lipinski definition) is 0. The van der Waals surface area contributed by atoms with Gasteiger partial charge >= 0.3 is 5.97 Å². The Hall–Kier alpha value is -5.22. The molecular formula is C34H29FN2O7. The maximum atomic E-state index is 14.0. The summed E-state index contributed by atoms with van der Waals surface area (Å²) in [6.07, 6.45) is -0.210. The van der Waals surface area contributed by atoms with Crippen molar-refractivity contribution in [1.29, 1.82) is 0 Å². The number of amides is 2. The number of anilines is 2. The largest absolute Gasteiger partial charge is 0.494 e. The molecule has 0 bridgehead atoms. The van der Waals surface area contributed by atoms with E-state index in [-0.39, 0.29) is 17.1 Å². The Morgan fingerprint density at radius 2 is 1.59 bits per heavy atom. The number of halogens is 1. The fraction of sp³-hybridized carbons (Fsp3) is 0.206. The molecule has 0 saturated carbocycles. The number of methoxy groups -OCH3 is 1. The molecule has 44 heavy (non-hydrogen) atoms. The summed E-state index contributed by atoms with van der Waals surface area (Å²) in [5.74, 6) is -1.91. The van der Waals surface area contributed by atoms with E-state index in [2.05, 4.69) is 0 Å². The minimum Gasteiger partial charge on any atom is -0.494 e. The molecule has 0 aromatic heterocycles. The molecule has 0 spiro atoms. The Morgan fingerprint density at radius 1 is 0.864 bits per heavy atom. The van der Waals surface area contributed by atoms with Crippen molar-refractivity contribution >= 4 is 29.2 Å². The highest BCUT2D eigenvalue weighted by Gasteiger charge is 2.60. The Bertz CT molecular complexity index is 1680. The van der Waals surface area contributed by atoms with Crippen LogP contribution in [0.4, 0.5) is 15.8 Å². The number of carbonyl (C=O) groups is 3. The van der Waals surface area contributed by atoms with Gasteiger partial charge in [-0.05, 0) is 84.8 Å². The van der Waals surface area contributed by atoms with Crippen molar-refractivity contribution in [3.8, 4) is 17.2 Å². The molecule has 2 heterocycles. The van der Waals surface area contributed by atoms with Crippen LogP contribution >= 0.6 is 0 Å². The maximum absolute atomic E-state index is 14.0. The fourth-order valence-electron chi connectivity index (χ4n) is 5.42. The first-order valence-electron chi connectivity index (χ1n) is 14.2. The zero-order valence-electron chi connectivity index (χ0n) is 24.0. The van der Waals surface area contributed by atoms with Crippen LogP contribution in [-0.4, -0.2) is 37.6 Å². The Balaban J connectivity index is 1.33. The topological polar surface area (TPSA) is 94.6 Å². The van der Waals surface area contributed by atoms with Gasteiger partial charge in [-0.15, -0.1) is 0 Å². The van der Waals surface area contributed by atoms with Crippen LogP contribution in [0.5, 0.6) is 17.2 Å². The molecule has 10 heteroatoms. The average Bonchev–Trinajstić information content (AvgIpc) is 3.56. The lowest BCUT2D eigenvalue weighted by Gasteiger charge is -2.29.